The molecule has 0 bridgehead atoms. The Morgan fingerprint density at radius 2 is 2.06 bits per heavy atom. The second-order valence-electron chi connectivity index (χ2n) is 9.08. The molecule has 1 aliphatic rings. The molecule has 4 aromatic rings. The first kappa shape index (κ1) is 24.1. The molecule has 0 unspecified atom stereocenters. The predicted octanol–water partition coefficient (Wildman–Crippen LogP) is 5.12. The maximum absolute atomic E-state index is 13.6. The van der Waals surface area contributed by atoms with Crippen LogP contribution < -0.4 is 10.6 Å². The van der Waals surface area contributed by atoms with Gasteiger partial charge in [-0.25, -0.2) is 14.4 Å². The van der Waals surface area contributed by atoms with E-state index in [-0.39, 0.29) is 5.02 Å². The maximum Gasteiger partial charge on any atom is 0.142 e. The lowest BCUT2D eigenvalue weighted by Crippen LogP contribution is -2.22. The van der Waals surface area contributed by atoms with Gasteiger partial charge in [0.15, 0.2) is 0 Å². The second kappa shape index (κ2) is 10.6. The van der Waals surface area contributed by atoms with Crippen LogP contribution in [0.15, 0.2) is 30.7 Å². The van der Waals surface area contributed by atoms with E-state index in [1.165, 1.54) is 34.9 Å². The van der Waals surface area contributed by atoms with Gasteiger partial charge in [-0.05, 0) is 76.6 Å². The van der Waals surface area contributed by atoms with Gasteiger partial charge in [-0.15, -0.1) is 11.3 Å². The number of nitrogens with one attached hydrogen (secondary N) is 2. The summed E-state index contributed by atoms with van der Waals surface area (Å²) in [6, 6.07) is 4.58. The highest BCUT2D eigenvalue weighted by molar-refractivity contribution is 7.22. The quantitative estimate of drug-likeness (QED) is 0.287. The molecule has 0 spiro atoms. The largest absolute Gasteiger partial charge is 0.340 e. The summed E-state index contributed by atoms with van der Waals surface area (Å²) in [5, 5.41) is 12.8. The Morgan fingerprint density at radius 1 is 1.17 bits per heavy atom. The van der Waals surface area contributed by atoms with Crippen molar-refractivity contribution in [2.45, 2.75) is 32.2 Å². The van der Waals surface area contributed by atoms with E-state index in [1.807, 2.05) is 0 Å². The lowest BCUT2D eigenvalue weighted by atomic mass is 9.95. The molecule has 0 fully saturated rings. The molecular weight excluding hydrogens is 485 g/mol. The summed E-state index contributed by atoms with van der Waals surface area (Å²) in [5.74, 6) is 0.270. The summed E-state index contributed by atoms with van der Waals surface area (Å²) in [6.45, 7) is 3.91. The lowest BCUT2D eigenvalue weighted by molar-refractivity contribution is 0.391. The van der Waals surface area contributed by atoms with Gasteiger partial charge in [0.05, 0.1) is 22.6 Å². The molecule has 5 rings (SSSR count). The van der Waals surface area contributed by atoms with E-state index in [9.17, 15) is 4.39 Å². The summed E-state index contributed by atoms with van der Waals surface area (Å²) >= 11 is 7.64. The van der Waals surface area contributed by atoms with Crippen molar-refractivity contribution in [1.82, 2.24) is 30.0 Å². The number of nitrogens with zero attached hydrogens (tertiary/aromatic N) is 5. The van der Waals surface area contributed by atoms with Crippen LogP contribution in [0.1, 0.15) is 24.1 Å². The molecule has 7 nitrogen and oxygen atoms in total. The Morgan fingerprint density at radius 3 is 2.89 bits per heavy atom. The highest BCUT2D eigenvalue weighted by Gasteiger charge is 2.26. The highest BCUT2D eigenvalue weighted by Crippen LogP contribution is 2.45. The Balaban J connectivity index is 1.31. The summed E-state index contributed by atoms with van der Waals surface area (Å²) < 4.78 is 15.6. The molecule has 0 amide bonds. The average molecular weight is 514 g/mol. The number of aromatic nitrogens is 4. The van der Waals surface area contributed by atoms with Crippen LogP contribution in [0.3, 0.4) is 0 Å². The molecule has 2 N–H and O–H groups in total. The van der Waals surface area contributed by atoms with Gasteiger partial charge in [0, 0.05) is 28.9 Å². The number of benzene rings is 1. The zero-order chi connectivity index (χ0) is 24.4. The molecule has 0 atom stereocenters. The minimum Gasteiger partial charge on any atom is -0.340 e. The zero-order valence-corrected chi connectivity index (χ0v) is 21.5. The molecule has 1 aromatic carbocycles. The van der Waals surface area contributed by atoms with Gasteiger partial charge in [-0.2, -0.15) is 5.10 Å². The van der Waals surface area contributed by atoms with Gasteiger partial charge in [-0.1, -0.05) is 11.6 Å². The SMILES string of the molecule is CN(C)CCCCNCCn1cc2c(n1)CCc1c-2sc2ncnc(Nc3ccc(F)c(Cl)c3)c12. The molecule has 0 aliphatic heterocycles. The van der Waals surface area contributed by atoms with Gasteiger partial charge >= 0.3 is 0 Å². The molecule has 10 heteroatoms. The van der Waals surface area contributed by atoms with E-state index >= 15 is 0 Å². The van der Waals surface area contributed by atoms with Gasteiger partial charge in [-0.3, -0.25) is 4.68 Å². The van der Waals surface area contributed by atoms with Crippen molar-refractivity contribution in [2.75, 3.05) is 39.0 Å². The van der Waals surface area contributed by atoms with Crippen molar-refractivity contribution in [1.29, 1.82) is 0 Å². The number of fused-ring (bicyclic) bond motifs is 5. The molecule has 3 aromatic heterocycles. The van der Waals surface area contributed by atoms with E-state index in [0.717, 1.165) is 54.9 Å². The van der Waals surface area contributed by atoms with Crippen LogP contribution >= 0.6 is 22.9 Å². The normalized spacial score (nSPS) is 12.8. The number of anilines is 2. The van der Waals surface area contributed by atoms with Crippen LogP contribution in [-0.2, 0) is 19.4 Å². The first-order chi connectivity index (χ1) is 17.0. The highest BCUT2D eigenvalue weighted by atomic mass is 35.5. The first-order valence-electron chi connectivity index (χ1n) is 11.9. The average Bonchev–Trinajstić information content (AvgIpc) is 3.42. The molecule has 184 valence electrons. The predicted molar refractivity (Wildman–Crippen MR) is 141 cm³/mol. The van der Waals surface area contributed by atoms with Crippen molar-refractivity contribution < 1.29 is 4.39 Å². The number of halogens is 2. The van der Waals surface area contributed by atoms with Crippen LogP contribution in [-0.4, -0.2) is 58.4 Å². The topological polar surface area (TPSA) is 70.9 Å². The van der Waals surface area contributed by atoms with Crippen LogP contribution in [0.4, 0.5) is 15.9 Å². The molecule has 35 heavy (non-hydrogen) atoms. The monoisotopic (exact) mass is 513 g/mol. The van der Waals surface area contributed by atoms with E-state index in [0.29, 0.717) is 11.5 Å². The fourth-order valence-electron chi connectivity index (χ4n) is 4.44. The van der Waals surface area contributed by atoms with E-state index in [1.54, 1.807) is 29.8 Å². The lowest BCUT2D eigenvalue weighted by Gasteiger charge is -2.12. The molecule has 1 aliphatic carbocycles. The van der Waals surface area contributed by atoms with Gasteiger partial charge in [0.1, 0.15) is 22.8 Å². The van der Waals surface area contributed by atoms with Crippen LogP contribution in [0.5, 0.6) is 0 Å². The number of aryl methyl sites for hydroxylation is 2. The fraction of sp³-hybridized carbons (Fsp3) is 0.400. The Hall–Kier alpha value is -2.59. The second-order valence-corrected chi connectivity index (χ2v) is 10.5. The van der Waals surface area contributed by atoms with Crippen molar-refractivity contribution in [3.63, 3.8) is 0 Å². The van der Waals surface area contributed by atoms with Gasteiger partial charge in [0.2, 0.25) is 0 Å². The standard InChI is InChI=1S/C25H29ClFN7S/c1-33(2)11-4-3-9-28-10-12-34-14-18-21(32-34)8-6-17-22-24(29-15-30-25(22)35-23(17)18)31-16-5-7-20(27)19(26)13-16/h5,7,13-15,28H,3-4,6,8-12H2,1-2H3,(H,29,30,31). The van der Waals surface area contributed by atoms with Crippen molar-refractivity contribution in [3.8, 4) is 10.4 Å². The first-order valence-corrected chi connectivity index (χ1v) is 13.1. The number of rotatable bonds is 10. The van der Waals surface area contributed by atoms with Crippen LogP contribution in [0.2, 0.25) is 5.02 Å². The fourth-order valence-corrected chi connectivity index (χ4v) is 5.85. The van der Waals surface area contributed by atoms with Crippen molar-refractivity contribution in [2.24, 2.45) is 0 Å². The minimum atomic E-state index is -0.443. The van der Waals surface area contributed by atoms with Crippen LogP contribution in [0, 0.1) is 5.82 Å². The van der Waals surface area contributed by atoms with Crippen molar-refractivity contribution >= 4 is 44.7 Å². The molecule has 3 heterocycles. The molecule has 0 saturated carbocycles. The minimum absolute atomic E-state index is 0.0766. The van der Waals surface area contributed by atoms with Gasteiger partial charge in [0.25, 0.3) is 0 Å². The summed E-state index contributed by atoms with van der Waals surface area (Å²) in [6.07, 6.45) is 7.88. The summed E-state index contributed by atoms with van der Waals surface area (Å²) in [5.41, 5.74) is 4.26. The smallest absolute Gasteiger partial charge is 0.142 e. The zero-order valence-electron chi connectivity index (χ0n) is 19.9. The Labute approximate surface area is 213 Å². The van der Waals surface area contributed by atoms with E-state index in [2.05, 4.69) is 50.5 Å². The third-order valence-corrected chi connectivity index (χ3v) is 7.65. The van der Waals surface area contributed by atoms with Crippen molar-refractivity contribution in [3.05, 3.63) is 52.8 Å². The number of thiophene rings is 1. The maximum atomic E-state index is 13.6. The number of hydrogen-bond donors (Lipinski definition) is 2. The van der Waals surface area contributed by atoms with Gasteiger partial charge < -0.3 is 15.5 Å². The molecular formula is C25H29ClFN7S. The summed E-state index contributed by atoms with van der Waals surface area (Å²) in [7, 11) is 4.22. The number of unbranched alkanes of at least 4 members (excludes halogenated alkanes) is 1. The summed E-state index contributed by atoms with van der Waals surface area (Å²) in [4.78, 5) is 13.4. The molecule has 0 radical (unpaired) electrons. The molecule has 0 saturated heterocycles. The van der Waals surface area contributed by atoms with Crippen LogP contribution in [0.25, 0.3) is 20.7 Å². The van der Waals surface area contributed by atoms with E-state index < -0.39 is 5.82 Å². The third kappa shape index (κ3) is 5.33. The third-order valence-electron chi connectivity index (χ3n) is 6.19. The number of hydrogen-bond acceptors (Lipinski definition) is 7. The Kier molecular flexibility index (Phi) is 7.29. The van der Waals surface area contributed by atoms with E-state index in [4.69, 9.17) is 16.7 Å². The Bertz CT molecular complexity index is 1330.